The van der Waals surface area contributed by atoms with Crippen LogP contribution in [0.3, 0.4) is 0 Å². The molecule has 1 fully saturated rings. The molecule has 0 radical (unpaired) electrons. The lowest BCUT2D eigenvalue weighted by molar-refractivity contribution is -0.139. The van der Waals surface area contributed by atoms with E-state index in [9.17, 15) is 14.4 Å². The third-order valence-electron chi connectivity index (χ3n) is 6.54. The molecule has 1 saturated heterocycles. The largest absolute Gasteiger partial charge is 0.335 e. The molecule has 1 N–H and O–H groups in total. The van der Waals surface area contributed by atoms with Gasteiger partial charge in [0.15, 0.2) is 0 Å². The van der Waals surface area contributed by atoms with Crippen molar-refractivity contribution in [1.29, 1.82) is 0 Å². The van der Waals surface area contributed by atoms with Crippen LogP contribution in [0.25, 0.3) is 21.0 Å². The summed E-state index contributed by atoms with van der Waals surface area (Å²) in [5.41, 5.74) is 0.334. The van der Waals surface area contributed by atoms with Gasteiger partial charge in [0.05, 0.1) is 16.3 Å². The third kappa shape index (κ3) is 3.51. The summed E-state index contributed by atoms with van der Waals surface area (Å²) in [5.74, 6) is -0.777. The van der Waals surface area contributed by atoms with Gasteiger partial charge in [-0.15, -0.1) is 11.3 Å². The maximum Gasteiger partial charge on any atom is 0.325 e. The van der Waals surface area contributed by atoms with E-state index in [1.165, 1.54) is 16.2 Å². The second kappa shape index (κ2) is 8.22. The fourth-order valence-electron chi connectivity index (χ4n) is 4.38. The lowest BCUT2D eigenvalue weighted by Gasteiger charge is -2.26. The van der Waals surface area contributed by atoms with Gasteiger partial charge in [0.25, 0.3) is 5.91 Å². The Hall–Kier alpha value is -3.78. The Balaban J connectivity index is 1.37. The second-order valence-corrected chi connectivity index (χ2v) is 9.74. The predicted octanol–water partition coefficient (Wildman–Crippen LogP) is 4.44. The molecule has 0 spiro atoms. The number of imide groups is 1. The average Bonchev–Trinajstić information content (AvgIpc) is 3.37. The van der Waals surface area contributed by atoms with Crippen LogP contribution in [-0.4, -0.2) is 46.2 Å². The molecule has 1 aromatic heterocycles. The predicted molar refractivity (Wildman–Crippen MR) is 132 cm³/mol. The van der Waals surface area contributed by atoms with Crippen LogP contribution in [-0.2, 0) is 15.1 Å². The number of carbonyl (C=O) groups excluding carboxylic acids is 3. The molecule has 1 aliphatic heterocycles. The molecule has 4 amide bonds. The number of hydrogen-bond acceptors (Lipinski definition) is 5. The number of carbonyl (C=O) groups is 3. The molecule has 4 aromatic rings. The van der Waals surface area contributed by atoms with Gasteiger partial charge in [-0.25, -0.2) is 9.78 Å². The van der Waals surface area contributed by atoms with Crippen molar-refractivity contribution in [1.82, 2.24) is 20.1 Å². The van der Waals surface area contributed by atoms with Crippen LogP contribution in [0.4, 0.5) is 4.79 Å². The fraction of sp³-hybridized carbons (Fsp3) is 0.231. The van der Waals surface area contributed by atoms with Gasteiger partial charge in [-0.2, -0.15) is 0 Å². The zero-order valence-electron chi connectivity index (χ0n) is 19.1. The molecule has 3 aromatic carbocycles. The SMILES string of the molecule is CC(c1nc2ccccc2s1)N(C)C(=O)CN1C(=O)NC(C)(c2cccc3ccccc23)C1=O. The van der Waals surface area contributed by atoms with Gasteiger partial charge in [0.1, 0.15) is 17.1 Å². The summed E-state index contributed by atoms with van der Waals surface area (Å²) in [6.45, 7) is 3.24. The van der Waals surface area contributed by atoms with E-state index in [4.69, 9.17) is 0 Å². The maximum atomic E-state index is 13.5. The molecule has 2 atom stereocenters. The minimum atomic E-state index is -1.25. The van der Waals surface area contributed by atoms with Crippen molar-refractivity contribution < 1.29 is 14.4 Å². The van der Waals surface area contributed by atoms with Crippen molar-refractivity contribution in [2.24, 2.45) is 0 Å². The van der Waals surface area contributed by atoms with Crippen LogP contribution in [0.2, 0.25) is 0 Å². The number of aromatic nitrogens is 1. The second-order valence-electron chi connectivity index (χ2n) is 8.67. The summed E-state index contributed by atoms with van der Waals surface area (Å²) in [7, 11) is 1.67. The minimum Gasteiger partial charge on any atom is -0.335 e. The quantitative estimate of drug-likeness (QED) is 0.436. The monoisotopic (exact) mass is 472 g/mol. The van der Waals surface area contributed by atoms with Crippen LogP contribution in [0, 0.1) is 0 Å². The first-order chi connectivity index (χ1) is 16.3. The number of para-hydroxylation sites is 1. The number of nitrogens with zero attached hydrogens (tertiary/aromatic N) is 3. The summed E-state index contributed by atoms with van der Waals surface area (Å²) in [6, 6.07) is 20.3. The molecule has 1 aliphatic rings. The van der Waals surface area contributed by atoms with E-state index < -0.39 is 17.5 Å². The molecule has 2 heterocycles. The number of fused-ring (bicyclic) bond motifs is 2. The van der Waals surface area contributed by atoms with Crippen LogP contribution >= 0.6 is 11.3 Å². The summed E-state index contributed by atoms with van der Waals surface area (Å²) in [6.07, 6.45) is 0. The van der Waals surface area contributed by atoms with E-state index in [0.717, 1.165) is 30.9 Å². The number of benzene rings is 3. The Morgan fingerprint density at radius 2 is 1.79 bits per heavy atom. The normalized spacial score (nSPS) is 19.0. The van der Waals surface area contributed by atoms with Crippen molar-refractivity contribution in [3.8, 4) is 0 Å². The van der Waals surface area contributed by atoms with Crippen LogP contribution < -0.4 is 5.32 Å². The van der Waals surface area contributed by atoms with Gasteiger partial charge in [-0.3, -0.25) is 14.5 Å². The highest BCUT2D eigenvalue weighted by atomic mass is 32.1. The van der Waals surface area contributed by atoms with Crippen molar-refractivity contribution in [2.75, 3.05) is 13.6 Å². The number of rotatable bonds is 5. The van der Waals surface area contributed by atoms with Crippen molar-refractivity contribution >= 4 is 50.2 Å². The van der Waals surface area contributed by atoms with Gasteiger partial charge in [-0.1, -0.05) is 54.6 Å². The van der Waals surface area contributed by atoms with E-state index in [-0.39, 0.29) is 18.5 Å². The van der Waals surface area contributed by atoms with E-state index in [0.29, 0.717) is 5.56 Å². The third-order valence-corrected chi connectivity index (χ3v) is 7.75. The zero-order chi connectivity index (χ0) is 24.0. The number of hydrogen-bond donors (Lipinski definition) is 1. The molecule has 7 nitrogen and oxygen atoms in total. The number of urea groups is 1. The van der Waals surface area contributed by atoms with Gasteiger partial charge in [-0.05, 0) is 42.3 Å². The highest BCUT2D eigenvalue weighted by Crippen LogP contribution is 2.34. The van der Waals surface area contributed by atoms with Crippen molar-refractivity contribution in [2.45, 2.75) is 25.4 Å². The highest BCUT2D eigenvalue weighted by Gasteiger charge is 2.50. The molecule has 0 bridgehead atoms. The standard InChI is InChI=1S/C26H24N4O3S/c1-16(23-27-20-13-6-7-14-21(20)34-23)29(3)22(31)15-30-24(32)26(2,28-25(30)33)19-12-8-10-17-9-4-5-11-18(17)19/h4-14,16H,15H2,1-3H3,(H,28,33). The zero-order valence-corrected chi connectivity index (χ0v) is 19.9. The van der Waals surface area contributed by atoms with E-state index in [1.54, 1.807) is 14.0 Å². The van der Waals surface area contributed by atoms with Crippen LogP contribution in [0.5, 0.6) is 0 Å². The molecule has 0 aliphatic carbocycles. The molecule has 172 valence electrons. The molecule has 5 rings (SSSR count). The number of likely N-dealkylation sites (N-methyl/N-ethyl adjacent to an activating group) is 1. The smallest absolute Gasteiger partial charge is 0.325 e. The van der Waals surface area contributed by atoms with Crippen molar-refractivity contribution in [3.05, 3.63) is 77.3 Å². The van der Waals surface area contributed by atoms with Crippen molar-refractivity contribution in [3.63, 3.8) is 0 Å². The minimum absolute atomic E-state index is 0.296. The summed E-state index contributed by atoms with van der Waals surface area (Å²) >= 11 is 1.53. The van der Waals surface area contributed by atoms with E-state index >= 15 is 0 Å². The molecule has 2 unspecified atom stereocenters. The van der Waals surface area contributed by atoms with Crippen LogP contribution in [0.15, 0.2) is 66.7 Å². The van der Waals surface area contributed by atoms with Gasteiger partial charge < -0.3 is 10.2 Å². The molecule has 8 heteroatoms. The Kier molecular flexibility index (Phi) is 5.32. The Labute approximate surface area is 201 Å². The Morgan fingerprint density at radius 1 is 1.09 bits per heavy atom. The number of thiazole rings is 1. The molecule has 34 heavy (non-hydrogen) atoms. The summed E-state index contributed by atoms with van der Waals surface area (Å²) < 4.78 is 1.05. The van der Waals surface area contributed by atoms with E-state index in [2.05, 4.69) is 10.3 Å². The summed E-state index contributed by atoms with van der Waals surface area (Å²) in [5, 5.41) is 5.48. The molecule has 0 saturated carbocycles. The maximum absolute atomic E-state index is 13.5. The lowest BCUT2D eigenvalue weighted by Crippen LogP contribution is -2.44. The fourth-order valence-corrected chi connectivity index (χ4v) is 5.44. The summed E-state index contributed by atoms with van der Waals surface area (Å²) in [4.78, 5) is 46.6. The van der Waals surface area contributed by atoms with Crippen LogP contribution in [0.1, 0.15) is 30.5 Å². The first kappa shape index (κ1) is 22.0. The first-order valence-electron chi connectivity index (χ1n) is 11.0. The number of amides is 4. The Bertz CT molecular complexity index is 1410. The topological polar surface area (TPSA) is 82.6 Å². The molecular weight excluding hydrogens is 448 g/mol. The van der Waals surface area contributed by atoms with E-state index in [1.807, 2.05) is 73.7 Å². The van der Waals surface area contributed by atoms with Gasteiger partial charge in [0.2, 0.25) is 5.91 Å². The molecular formula is C26H24N4O3S. The number of nitrogens with one attached hydrogen (secondary N) is 1. The van der Waals surface area contributed by atoms with Gasteiger partial charge >= 0.3 is 6.03 Å². The first-order valence-corrected chi connectivity index (χ1v) is 11.8. The average molecular weight is 473 g/mol. The van der Waals surface area contributed by atoms with Gasteiger partial charge in [0, 0.05) is 7.05 Å². The lowest BCUT2D eigenvalue weighted by atomic mass is 9.88. The Morgan fingerprint density at radius 3 is 2.59 bits per heavy atom. The highest BCUT2D eigenvalue weighted by molar-refractivity contribution is 7.18.